The van der Waals surface area contributed by atoms with Gasteiger partial charge in [-0.3, -0.25) is 0 Å². The van der Waals surface area contributed by atoms with Gasteiger partial charge in [-0.15, -0.1) is 11.3 Å². The molecule has 0 radical (unpaired) electrons. The van der Waals surface area contributed by atoms with Gasteiger partial charge in [-0.25, -0.2) is 0 Å². The molecule has 3 nitrogen and oxygen atoms in total. The highest BCUT2D eigenvalue weighted by molar-refractivity contribution is 8.04. The second-order valence-corrected chi connectivity index (χ2v) is 8.58. The molecule has 4 aliphatic rings. The van der Waals surface area contributed by atoms with Crippen molar-refractivity contribution in [3.63, 3.8) is 0 Å². The van der Waals surface area contributed by atoms with Gasteiger partial charge in [0.1, 0.15) is 0 Å². The summed E-state index contributed by atoms with van der Waals surface area (Å²) in [6, 6.07) is 4.93. The molecule has 5 heteroatoms. The van der Waals surface area contributed by atoms with Gasteiger partial charge in [-0.05, 0) is 55.4 Å². The predicted octanol–water partition coefficient (Wildman–Crippen LogP) is 3.62. The summed E-state index contributed by atoms with van der Waals surface area (Å²) in [5.74, 6) is 1.86. The average Bonchev–Trinajstić information content (AvgIpc) is 3.09. The summed E-state index contributed by atoms with van der Waals surface area (Å²) in [6.07, 6.45) is 7.06. The minimum absolute atomic E-state index is 0.612. The molecule has 22 heavy (non-hydrogen) atoms. The molecule has 118 valence electrons. The second-order valence-electron chi connectivity index (χ2n) is 6.21. The summed E-state index contributed by atoms with van der Waals surface area (Å²) in [4.78, 5) is 6.54. The molecule has 3 saturated heterocycles. The van der Waals surface area contributed by atoms with E-state index in [0.717, 1.165) is 18.3 Å². The lowest BCUT2D eigenvalue weighted by molar-refractivity contribution is -0.00194. The number of methoxy groups -OCH3 is 1. The van der Waals surface area contributed by atoms with Crippen molar-refractivity contribution in [2.45, 2.75) is 23.1 Å². The Morgan fingerprint density at radius 1 is 1.27 bits per heavy atom. The van der Waals surface area contributed by atoms with Crippen LogP contribution in [0.25, 0.3) is 0 Å². The Morgan fingerprint density at radius 2 is 2.14 bits per heavy atom. The maximum Gasteiger partial charge on any atom is 0.189 e. The second kappa shape index (κ2) is 6.30. The fourth-order valence-corrected chi connectivity index (χ4v) is 5.70. The number of hydrogen-bond donors (Lipinski definition) is 0. The third-order valence-electron chi connectivity index (χ3n) is 4.98. The van der Waals surface area contributed by atoms with Gasteiger partial charge in [0.05, 0.1) is 17.9 Å². The number of ether oxygens (including phenoxy) is 1. The van der Waals surface area contributed by atoms with Gasteiger partial charge in [0.25, 0.3) is 0 Å². The van der Waals surface area contributed by atoms with Crippen LogP contribution in [0.5, 0.6) is 0 Å². The van der Waals surface area contributed by atoms with Crippen LogP contribution >= 0.6 is 23.1 Å². The van der Waals surface area contributed by atoms with E-state index in [4.69, 9.17) is 4.74 Å². The third-order valence-corrected chi connectivity index (χ3v) is 7.04. The summed E-state index contributed by atoms with van der Waals surface area (Å²) >= 11 is 3.71. The number of rotatable bonds is 4. The molecule has 0 aliphatic carbocycles. The van der Waals surface area contributed by atoms with Crippen LogP contribution in [0, 0.1) is 5.92 Å². The molecule has 0 unspecified atom stereocenters. The normalized spacial score (nSPS) is 31.0. The minimum atomic E-state index is 0.612. The van der Waals surface area contributed by atoms with Crippen molar-refractivity contribution in [2.24, 2.45) is 5.92 Å². The fraction of sp³-hybridized carbons (Fsp3) is 0.529. The number of hydrogen-bond acceptors (Lipinski definition) is 5. The van der Waals surface area contributed by atoms with E-state index in [1.165, 1.54) is 41.6 Å². The largest absolute Gasteiger partial charge is 0.482 e. The SMILES string of the molecule is COC1=CC=C(Sc2cccs2)CN1[C@H]1CN2CCC1CC2. The van der Waals surface area contributed by atoms with Crippen LogP contribution in [0.3, 0.4) is 0 Å². The fourth-order valence-electron chi connectivity index (χ4n) is 3.83. The summed E-state index contributed by atoms with van der Waals surface area (Å²) < 4.78 is 7.04. The van der Waals surface area contributed by atoms with Crippen molar-refractivity contribution in [3.8, 4) is 0 Å². The lowest BCUT2D eigenvalue weighted by Gasteiger charge is -2.50. The lowest BCUT2D eigenvalue weighted by atomic mass is 9.83. The Balaban J connectivity index is 1.52. The molecule has 0 aromatic carbocycles. The van der Waals surface area contributed by atoms with Gasteiger partial charge in [-0.2, -0.15) is 0 Å². The first-order valence-electron chi connectivity index (χ1n) is 7.98. The maximum atomic E-state index is 5.67. The van der Waals surface area contributed by atoms with Gasteiger partial charge < -0.3 is 14.5 Å². The van der Waals surface area contributed by atoms with E-state index >= 15 is 0 Å². The minimum Gasteiger partial charge on any atom is -0.482 e. The highest BCUT2D eigenvalue weighted by Gasteiger charge is 2.39. The lowest BCUT2D eigenvalue weighted by Crippen LogP contribution is -2.57. The van der Waals surface area contributed by atoms with Crippen molar-refractivity contribution >= 4 is 23.1 Å². The van der Waals surface area contributed by atoms with E-state index < -0.39 is 0 Å². The molecule has 3 fully saturated rings. The Morgan fingerprint density at radius 3 is 2.77 bits per heavy atom. The third kappa shape index (κ3) is 2.82. The Labute approximate surface area is 140 Å². The Hall–Kier alpha value is -0.910. The zero-order chi connectivity index (χ0) is 14.9. The first-order valence-corrected chi connectivity index (χ1v) is 9.68. The summed E-state index contributed by atoms with van der Waals surface area (Å²) in [6.45, 7) is 4.75. The standard InChI is InChI=1S/C17H22N2OS2/c1-20-16-5-4-14(22-17-3-2-10-21-17)11-19(16)15-12-18-8-6-13(15)7-9-18/h2-5,10,13,15H,6-9,11-12H2,1H3/t15-/m0/s1. The highest BCUT2D eigenvalue weighted by atomic mass is 32.2. The number of fused-ring (bicyclic) bond motifs is 3. The number of thiophene rings is 1. The van der Waals surface area contributed by atoms with Crippen LogP contribution < -0.4 is 0 Å². The topological polar surface area (TPSA) is 15.7 Å². The van der Waals surface area contributed by atoms with Crippen LogP contribution in [-0.2, 0) is 4.74 Å². The van der Waals surface area contributed by atoms with E-state index in [-0.39, 0.29) is 0 Å². The first kappa shape index (κ1) is 14.7. The van der Waals surface area contributed by atoms with E-state index in [1.807, 2.05) is 23.1 Å². The van der Waals surface area contributed by atoms with Gasteiger partial charge in [0.2, 0.25) is 0 Å². The smallest absolute Gasteiger partial charge is 0.189 e. The van der Waals surface area contributed by atoms with Gasteiger partial charge in [-0.1, -0.05) is 17.8 Å². The van der Waals surface area contributed by atoms with Crippen LogP contribution in [0.15, 0.2) is 44.7 Å². The number of nitrogens with zero attached hydrogens (tertiary/aromatic N) is 2. The molecule has 0 N–H and O–H groups in total. The van der Waals surface area contributed by atoms with Crippen molar-refractivity contribution in [3.05, 3.63) is 40.5 Å². The predicted molar refractivity (Wildman–Crippen MR) is 93.0 cm³/mol. The summed E-state index contributed by atoms with van der Waals surface area (Å²) in [5.41, 5.74) is 0. The van der Waals surface area contributed by atoms with Crippen molar-refractivity contribution in [2.75, 3.05) is 33.3 Å². The Bertz CT molecular complexity index is 573. The number of allylic oxidation sites excluding steroid dienone is 2. The van der Waals surface area contributed by atoms with Gasteiger partial charge in [0, 0.05) is 17.5 Å². The molecule has 5 heterocycles. The van der Waals surface area contributed by atoms with Crippen LogP contribution in [-0.4, -0.2) is 49.1 Å². The molecule has 1 aromatic heterocycles. The molecular formula is C17H22N2OS2. The van der Waals surface area contributed by atoms with E-state index in [0.29, 0.717) is 6.04 Å². The van der Waals surface area contributed by atoms with Gasteiger partial charge >= 0.3 is 0 Å². The van der Waals surface area contributed by atoms with E-state index in [2.05, 4.69) is 39.5 Å². The quantitative estimate of drug-likeness (QED) is 0.835. The average molecular weight is 335 g/mol. The maximum absolute atomic E-state index is 5.67. The van der Waals surface area contributed by atoms with Crippen molar-refractivity contribution in [1.82, 2.24) is 9.80 Å². The van der Waals surface area contributed by atoms with Crippen LogP contribution in [0.1, 0.15) is 12.8 Å². The molecular weight excluding hydrogens is 312 g/mol. The number of piperidine rings is 3. The van der Waals surface area contributed by atoms with Gasteiger partial charge in [0.15, 0.2) is 5.88 Å². The molecule has 2 bridgehead atoms. The Kier molecular flexibility index (Phi) is 4.20. The molecule has 4 aliphatic heterocycles. The molecule has 1 atom stereocenters. The molecule has 1 aromatic rings. The molecule has 0 spiro atoms. The molecule has 5 rings (SSSR count). The number of thioether (sulfide) groups is 1. The first-order chi connectivity index (χ1) is 10.8. The monoisotopic (exact) mass is 334 g/mol. The van der Waals surface area contributed by atoms with E-state index in [9.17, 15) is 0 Å². The van der Waals surface area contributed by atoms with Crippen molar-refractivity contribution < 1.29 is 4.74 Å². The summed E-state index contributed by atoms with van der Waals surface area (Å²) in [7, 11) is 1.80. The molecule has 0 amide bonds. The highest BCUT2D eigenvalue weighted by Crippen LogP contribution is 2.38. The summed E-state index contributed by atoms with van der Waals surface area (Å²) in [5, 5.41) is 2.15. The van der Waals surface area contributed by atoms with Crippen LogP contribution in [0.4, 0.5) is 0 Å². The molecule has 0 saturated carbocycles. The van der Waals surface area contributed by atoms with Crippen molar-refractivity contribution in [1.29, 1.82) is 0 Å². The van der Waals surface area contributed by atoms with Crippen LogP contribution in [0.2, 0.25) is 0 Å². The zero-order valence-corrected chi connectivity index (χ0v) is 14.5. The zero-order valence-electron chi connectivity index (χ0n) is 12.9. The van der Waals surface area contributed by atoms with E-state index in [1.54, 1.807) is 7.11 Å².